The maximum absolute atomic E-state index is 13.4. The number of esters is 1. The highest BCUT2D eigenvalue weighted by molar-refractivity contribution is 9.10. The fourth-order valence-electron chi connectivity index (χ4n) is 5.58. The van der Waals surface area contributed by atoms with Crippen LogP contribution in [0, 0.1) is 11.8 Å². The third-order valence-electron chi connectivity index (χ3n) is 7.50. The number of hydrogen-bond acceptors (Lipinski definition) is 7. The normalized spacial score (nSPS) is 23.2. The molecule has 35 heavy (non-hydrogen) atoms. The fraction of sp³-hybridized carbons (Fsp3) is 0.500. The van der Waals surface area contributed by atoms with Crippen molar-refractivity contribution >= 4 is 33.5 Å². The van der Waals surface area contributed by atoms with Gasteiger partial charge in [0.15, 0.2) is 11.6 Å². The monoisotopic (exact) mass is 540 g/mol. The third kappa shape index (κ3) is 4.83. The van der Waals surface area contributed by atoms with E-state index in [0.717, 1.165) is 47.7 Å². The molecule has 1 aromatic carbocycles. The average molecular weight is 541 g/mol. The van der Waals surface area contributed by atoms with Crippen molar-refractivity contribution in [3.63, 3.8) is 0 Å². The SMILES string of the molecule is CCc1cc(CCC2(C3CCCC3)CC(=O)C(Cc3nc4ncc(Br)cn4n3)C(=O)O2)ccc1O. The number of ether oxygens (including phenoxy) is 1. The molecule has 184 valence electrons. The molecule has 1 aliphatic heterocycles. The number of ketones is 1. The second-order valence-electron chi connectivity index (χ2n) is 9.73. The zero-order chi connectivity index (χ0) is 24.6. The van der Waals surface area contributed by atoms with Gasteiger partial charge in [-0.1, -0.05) is 31.9 Å². The van der Waals surface area contributed by atoms with Gasteiger partial charge in [0.25, 0.3) is 5.78 Å². The Morgan fingerprint density at radius 1 is 1.26 bits per heavy atom. The Bertz CT molecular complexity index is 1250. The van der Waals surface area contributed by atoms with Crippen LogP contribution < -0.4 is 0 Å². The number of aryl methyl sites for hydroxylation is 2. The first-order valence-electron chi connectivity index (χ1n) is 12.3. The summed E-state index contributed by atoms with van der Waals surface area (Å²) in [5, 5.41) is 14.4. The van der Waals surface area contributed by atoms with Gasteiger partial charge in [-0.3, -0.25) is 9.59 Å². The fourth-order valence-corrected chi connectivity index (χ4v) is 5.88. The Balaban J connectivity index is 1.35. The van der Waals surface area contributed by atoms with E-state index in [2.05, 4.69) is 31.0 Å². The lowest BCUT2D eigenvalue weighted by molar-refractivity contribution is -0.185. The molecule has 1 N–H and O–H groups in total. The van der Waals surface area contributed by atoms with Gasteiger partial charge < -0.3 is 9.84 Å². The van der Waals surface area contributed by atoms with Crippen LogP contribution >= 0.6 is 15.9 Å². The number of aromatic nitrogens is 4. The van der Waals surface area contributed by atoms with Crippen molar-refractivity contribution in [1.82, 2.24) is 19.6 Å². The molecular formula is C26H29BrN4O4. The summed E-state index contributed by atoms with van der Waals surface area (Å²) in [6.07, 6.45) is 9.84. The van der Waals surface area contributed by atoms with Crippen LogP contribution in [0.15, 0.2) is 35.1 Å². The van der Waals surface area contributed by atoms with Crippen LogP contribution in [0.5, 0.6) is 5.75 Å². The molecule has 2 aromatic heterocycles. The molecule has 9 heteroatoms. The van der Waals surface area contributed by atoms with E-state index >= 15 is 0 Å². The second-order valence-corrected chi connectivity index (χ2v) is 10.6. The Hall–Kier alpha value is -2.81. The molecule has 1 saturated heterocycles. The Morgan fingerprint density at radius 3 is 2.80 bits per heavy atom. The number of benzene rings is 1. The van der Waals surface area contributed by atoms with E-state index in [1.165, 1.54) is 4.52 Å². The number of fused-ring (bicyclic) bond motifs is 1. The summed E-state index contributed by atoms with van der Waals surface area (Å²) in [7, 11) is 0. The Kier molecular flexibility index (Phi) is 6.61. The van der Waals surface area contributed by atoms with Gasteiger partial charge in [-0.25, -0.2) is 9.50 Å². The molecule has 2 aliphatic rings. The van der Waals surface area contributed by atoms with Gasteiger partial charge >= 0.3 is 5.97 Å². The number of Topliss-reactive ketones (excluding diaryl/α,β-unsaturated/α-hetero) is 1. The van der Waals surface area contributed by atoms with Gasteiger partial charge in [-0.15, -0.1) is 5.10 Å². The molecule has 1 saturated carbocycles. The minimum atomic E-state index is -0.897. The maximum Gasteiger partial charge on any atom is 0.317 e. The number of nitrogens with zero attached hydrogens (tertiary/aromatic N) is 4. The van der Waals surface area contributed by atoms with E-state index in [0.29, 0.717) is 30.2 Å². The van der Waals surface area contributed by atoms with Crippen molar-refractivity contribution in [1.29, 1.82) is 0 Å². The largest absolute Gasteiger partial charge is 0.508 e. The average Bonchev–Trinajstić information content (AvgIpc) is 3.51. The molecule has 2 fully saturated rings. The Labute approximate surface area is 212 Å². The van der Waals surface area contributed by atoms with Crippen molar-refractivity contribution in [3.05, 3.63) is 52.0 Å². The first-order chi connectivity index (χ1) is 16.9. The molecule has 8 nitrogen and oxygen atoms in total. The number of hydrogen-bond donors (Lipinski definition) is 1. The molecule has 5 rings (SSSR count). The molecule has 0 radical (unpaired) electrons. The molecule has 0 amide bonds. The number of carbonyl (C=O) groups is 2. The highest BCUT2D eigenvalue weighted by atomic mass is 79.9. The van der Waals surface area contributed by atoms with Gasteiger partial charge in [-0.05, 0) is 71.1 Å². The quantitative estimate of drug-likeness (QED) is 0.349. The summed E-state index contributed by atoms with van der Waals surface area (Å²) in [6.45, 7) is 2.01. The number of rotatable bonds is 7. The lowest BCUT2D eigenvalue weighted by Crippen LogP contribution is -2.52. The predicted molar refractivity (Wildman–Crippen MR) is 132 cm³/mol. The van der Waals surface area contributed by atoms with E-state index in [9.17, 15) is 14.7 Å². The molecule has 2 unspecified atom stereocenters. The van der Waals surface area contributed by atoms with Crippen LogP contribution in [-0.2, 0) is 33.6 Å². The van der Waals surface area contributed by atoms with Gasteiger partial charge in [0, 0.05) is 25.2 Å². The van der Waals surface area contributed by atoms with Crippen LogP contribution in [-0.4, -0.2) is 42.0 Å². The summed E-state index contributed by atoms with van der Waals surface area (Å²) in [5.41, 5.74) is 1.20. The van der Waals surface area contributed by atoms with E-state index in [1.54, 1.807) is 18.5 Å². The molecule has 0 bridgehead atoms. The molecule has 0 spiro atoms. The summed E-state index contributed by atoms with van der Waals surface area (Å²) >= 11 is 3.36. The standard InChI is InChI=1S/C26H29BrN4O4/c1-2-17-11-16(7-8-21(17)32)9-10-26(18-5-3-4-6-18)13-22(33)20(24(34)35-26)12-23-29-25-28-14-19(27)15-31(25)30-23/h7-8,11,14-15,18,20,32H,2-6,9-10,12-13H2,1H3. The number of cyclic esters (lactones) is 1. The van der Waals surface area contributed by atoms with Crippen LogP contribution in [0.1, 0.15) is 62.4 Å². The number of phenolic OH excluding ortho intramolecular Hbond substituents is 1. The molecule has 3 aromatic rings. The van der Waals surface area contributed by atoms with Crippen molar-refractivity contribution in [2.24, 2.45) is 11.8 Å². The number of carbonyl (C=O) groups excluding carboxylic acids is 2. The first kappa shape index (κ1) is 23.9. The van der Waals surface area contributed by atoms with Crippen molar-refractivity contribution in [2.45, 2.75) is 70.3 Å². The van der Waals surface area contributed by atoms with Gasteiger partial charge in [0.2, 0.25) is 0 Å². The van der Waals surface area contributed by atoms with Crippen LogP contribution in [0.3, 0.4) is 0 Å². The lowest BCUT2D eigenvalue weighted by atomic mass is 9.73. The Morgan fingerprint density at radius 2 is 2.06 bits per heavy atom. The highest BCUT2D eigenvalue weighted by Crippen LogP contribution is 2.45. The summed E-state index contributed by atoms with van der Waals surface area (Å²) in [6, 6.07) is 5.64. The predicted octanol–water partition coefficient (Wildman–Crippen LogP) is 4.39. The minimum absolute atomic E-state index is 0.0962. The van der Waals surface area contributed by atoms with Crippen molar-refractivity contribution in [3.8, 4) is 5.75 Å². The summed E-state index contributed by atoms with van der Waals surface area (Å²) in [5.74, 6) is -0.162. The molecule has 2 atom stereocenters. The molecular weight excluding hydrogens is 512 g/mol. The molecule has 3 heterocycles. The first-order valence-corrected chi connectivity index (χ1v) is 13.1. The van der Waals surface area contributed by atoms with Crippen molar-refractivity contribution in [2.75, 3.05) is 0 Å². The van der Waals surface area contributed by atoms with Crippen molar-refractivity contribution < 1.29 is 19.4 Å². The molecule has 1 aliphatic carbocycles. The zero-order valence-electron chi connectivity index (χ0n) is 19.7. The smallest absolute Gasteiger partial charge is 0.317 e. The number of halogens is 1. The number of aromatic hydroxyl groups is 1. The van der Waals surface area contributed by atoms with Gasteiger partial charge in [0.1, 0.15) is 17.3 Å². The maximum atomic E-state index is 13.4. The lowest BCUT2D eigenvalue weighted by Gasteiger charge is -2.43. The summed E-state index contributed by atoms with van der Waals surface area (Å²) in [4.78, 5) is 35.2. The minimum Gasteiger partial charge on any atom is -0.508 e. The van der Waals surface area contributed by atoms with E-state index < -0.39 is 17.5 Å². The van der Waals surface area contributed by atoms with E-state index in [1.807, 2.05) is 19.1 Å². The van der Waals surface area contributed by atoms with Crippen LogP contribution in [0.2, 0.25) is 0 Å². The zero-order valence-corrected chi connectivity index (χ0v) is 21.3. The van der Waals surface area contributed by atoms with Crippen LogP contribution in [0.25, 0.3) is 5.78 Å². The van der Waals surface area contributed by atoms with Crippen LogP contribution in [0.4, 0.5) is 0 Å². The van der Waals surface area contributed by atoms with Gasteiger partial charge in [-0.2, -0.15) is 4.98 Å². The number of phenols is 1. The highest BCUT2D eigenvalue weighted by Gasteiger charge is 2.51. The third-order valence-corrected chi connectivity index (χ3v) is 7.91. The van der Waals surface area contributed by atoms with E-state index in [4.69, 9.17) is 4.74 Å². The van der Waals surface area contributed by atoms with Gasteiger partial charge in [0.05, 0.1) is 4.47 Å². The van der Waals surface area contributed by atoms with E-state index in [-0.39, 0.29) is 24.5 Å². The topological polar surface area (TPSA) is 107 Å². The second kappa shape index (κ2) is 9.68. The summed E-state index contributed by atoms with van der Waals surface area (Å²) < 4.78 is 8.50.